The fraction of sp³-hybridized carbons (Fsp3) is 0.176. The second-order valence-electron chi connectivity index (χ2n) is 5.54. The van der Waals surface area contributed by atoms with Crippen molar-refractivity contribution < 1.29 is 8.78 Å². The molecule has 1 heterocycles. The van der Waals surface area contributed by atoms with E-state index in [1.807, 2.05) is 30.5 Å². The predicted molar refractivity (Wildman–Crippen MR) is 91.3 cm³/mol. The lowest BCUT2D eigenvalue weighted by molar-refractivity contribution is 0.509. The first-order chi connectivity index (χ1) is 10.9. The van der Waals surface area contributed by atoms with Crippen LogP contribution < -0.4 is 5.73 Å². The molecule has 0 unspecified atom stereocenters. The number of hydrogen-bond acceptors (Lipinski definition) is 2. The molecule has 0 radical (unpaired) electrons. The summed E-state index contributed by atoms with van der Waals surface area (Å²) in [5.41, 5.74) is 10.0. The lowest BCUT2D eigenvalue weighted by atomic mass is 10.1. The van der Waals surface area contributed by atoms with Gasteiger partial charge in [-0.25, -0.2) is 13.8 Å². The van der Waals surface area contributed by atoms with Crippen molar-refractivity contribution in [3.63, 3.8) is 0 Å². The monoisotopic (exact) mass is 331 g/mol. The molecule has 0 spiro atoms. The van der Waals surface area contributed by atoms with E-state index >= 15 is 0 Å². The zero-order valence-electron chi connectivity index (χ0n) is 12.7. The SMILES string of the molecule is Cc1cc2nc(-c3ccc(F)c(F)c3)n(CC(N)=S)c2cc1C. The van der Waals surface area contributed by atoms with E-state index in [-0.39, 0.29) is 6.54 Å². The van der Waals surface area contributed by atoms with Gasteiger partial charge in [0.25, 0.3) is 0 Å². The Bertz CT molecular complexity index is 931. The first kappa shape index (κ1) is 15.6. The molecule has 0 aliphatic heterocycles. The smallest absolute Gasteiger partial charge is 0.159 e. The lowest BCUT2D eigenvalue weighted by Gasteiger charge is -2.09. The van der Waals surface area contributed by atoms with Gasteiger partial charge in [-0.15, -0.1) is 0 Å². The summed E-state index contributed by atoms with van der Waals surface area (Å²) < 4.78 is 28.6. The maximum Gasteiger partial charge on any atom is 0.159 e. The Hall–Kier alpha value is -2.34. The van der Waals surface area contributed by atoms with E-state index in [1.165, 1.54) is 6.07 Å². The maximum absolute atomic E-state index is 13.6. The predicted octanol–water partition coefficient (Wildman–Crippen LogP) is 3.88. The zero-order valence-corrected chi connectivity index (χ0v) is 13.5. The number of benzene rings is 2. The molecule has 0 aliphatic carbocycles. The number of aromatic nitrogens is 2. The third-order valence-electron chi connectivity index (χ3n) is 3.86. The summed E-state index contributed by atoms with van der Waals surface area (Å²) in [6.45, 7) is 4.28. The van der Waals surface area contributed by atoms with Crippen molar-refractivity contribution in [1.29, 1.82) is 0 Å². The molecule has 2 N–H and O–H groups in total. The van der Waals surface area contributed by atoms with Gasteiger partial charge in [0.2, 0.25) is 0 Å². The molecule has 0 atom stereocenters. The summed E-state index contributed by atoms with van der Waals surface area (Å²) >= 11 is 5.02. The van der Waals surface area contributed by atoms with Gasteiger partial charge in [-0.1, -0.05) is 12.2 Å². The van der Waals surface area contributed by atoms with Crippen LogP contribution in [0.1, 0.15) is 11.1 Å². The van der Waals surface area contributed by atoms with Crippen LogP contribution in [0.4, 0.5) is 8.78 Å². The second kappa shape index (κ2) is 5.70. The molecule has 118 valence electrons. The molecule has 3 rings (SSSR count). The van der Waals surface area contributed by atoms with Gasteiger partial charge < -0.3 is 10.3 Å². The number of thiocarbonyl (C=S) groups is 1. The van der Waals surface area contributed by atoms with E-state index in [2.05, 4.69) is 4.98 Å². The Morgan fingerprint density at radius 3 is 2.48 bits per heavy atom. The van der Waals surface area contributed by atoms with Gasteiger partial charge in [0.1, 0.15) is 5.82 Å². The van der Waals surface area contributed by atoms with Gasteiger partial charge in [0, 0.05) is 5.56 Å². The topological polar surface area (TPSA) is 43.8 Å². The van der Waals surface area contributed by atoms with Gasteiger partial charge in [-0.05, 0) is 55.3 Å². The van der Waals surface area contributed by atoms with Gasteiger partial charge in [-0.2, -0.15) is 0 Å². The number of nitrogens with two attached hydrogens (primary N) is 1. The molecule has 0 fully saturated rings. The van der Waals surface area contributed by atoms with Crippen LogP contribution in [0.2, 0.25) is 0 Å². The van der Waals surface area contributed by atoms with Crippen LogP contribution in [0, 0.1) is 25.5 Å². The van der Waals surface area contributed by atoms with Crippen molar-refractivity contribution in [2.45, 2.75) is 20.4 Å². The van der Waals surface area contributed by atoms with Crippen molar-refractivity contribution in [2.75, 3.05) is 0 Å². The van der Waals surface area contributed by atoms with Crippen molar-refractivity contribution in [1.82, 2.24) is 9.55 Å². The lowest BCUT2D eigenvalue weighted by Crippen LogP contribution is -2.17. The Labute approximate surface area is 137 Å². The van der Waals surface area contributed by atoms with Gasteiger partial charge in [-0.3, -0.25) is 0 Å². The fourth-order valence-electron chi connectivity index (χ4n) is 2.55. The number of nitrogens with zero attached hydrogens (tertiary/aromatic N) is 2. The number of hydrogen-bond donors (Lipinski definition) is 1. The van der Waals surface area contributed by atoms with E-state index in [0.29, 0.717) is 16.4 Å². The highest BCUT2D eigenvalue weighted by Crippen LogP contribution is 2.28. The van der Waals surface area contributed by atoms with Crippen molar-refractivity contribution in [2.24, 2.45) is 5.73 Å². The molecule has 1 aromatic heterocycles. The molecular formula is C17H15F2N3S. The van der Waals surface area contributed by atoms with Crippen LogP contribution in [0.5, 0.6) is 0 Å². The Kier molecular flexibility index (Phi) is 3.85. The van der Waals surface area contributed by atoms with Crippen molar-refractivity contribution in [3.05, 3.63) is 53.1 Å². The van der Waals surface area contributed by atoms with E-state index in [1.54, 1.807) is 0 Å². The first-order valence-electron chi connectivity index (χ1n) is 7.08. The number of rotatable bonds is 3. The average Bonchev–Trinajstić information content (AvgIpc) is 2.80. The first-order valence-corrected chi connectivity index (χ1v) is 7.49. The summed E-state index contributed by atoms with van der Waals surface area (Å²) in [6, 6.07) is 7.68. The summed E-state index contributed by atoms with van der Waals surface area (Å²) in [4.78, 5) is 4.86. The highest BCUT2D eigenvalue weighted by atomic mass is 32.1. The number of halogens is 2. The molecule has 0 bridgehead atoms. The van der Waals surface area contributed by atoms with Gasteiger partial charge in [0.15, 0.2) is 11.6 Å². The number of fused-ring (bicyclic) bond motifs is 1. The minimum atomic E-state index is -0.913. The molecule has 3 nitrogen and oxygen atoms in total. The number of aryl methyl sites for hydroxylation is 2. The van der Waals surface area contributed by atoms with Crippen LogP contribution >= 0.6 is 12.2 Å². The summed E-state index contributed by atoms with van der Waals surface area (Å²) in [5.74, 6) is -1.29. The molecule has 0 saturated heterocycles. The molecule has 6 heteroatoms. The molecule has 3 aromatic rings. The Morgan fingerprint density at radius 1 is 1.13 bits per heavy atom. The van der Waals surface area contributed by atoms with Crippen LogP contribution in [0.3, 0.4) is 0 Å². The van der Waals surface area contributed by atoms with E-state index < -0.39 is 11.6 Å². The van der Waals surface area contributed by atoms with Crippen LogP contribution in [0.25, 0.3) is 22.4 Å². The van der Waals surface area contributed by atoms with E-state index in [0.717, 1.165) is 34.3 Å². The summed E-state index contributed by atoms with van der Waals surface area (Å²) in [6.07, 6.45) is 0. The molecule has 0 amide bonds. The average molecular weight is 331 g/mol. The third-order valence-corrected chi connectivity index (χ3v) is 3.98. The third kappa shape index (κ3) is 2.82. The highest BCUT2D eigenvalue weighted by Gasteiger charge is 2.16. The minimum Gasteiger partial charge on any atom is -0.392 e. The summed E-state index contributed by atoms with van der Waals surface area (Å²) in [5, 5.41) is 0. The number of imidazole rings is 1. The highest BCUT2D eigenvalue weighted by molar-refractivity contribution is 7.80. The molecule has 0 saturated carbocycles. The van der Waals surface area contributed by atoms with E-state index in [9.17, 15) is 8.78 Å². The minimum absolute atomic E-state index is 0.280. The molecule has 2 aromatic carbocycles. The van der Waals surface area contributed by atoms with Crippen LogP contribution in [-0.2, 0) is 6.54 Å². The Morgan fingerprint density at radius 2 is 1.83 bits per heavy atom. The molecule has 23 heavy (non-hydrogen) atoms. The quantitative estimate of drug-likeness (QED) is 0.741. The van der Waals surface area contributed by atoms with E-state index in [4.69, 9.17) is 18.0 Å². The van der Waals surface area contributed by atoms with Gasteiger partial charge >= 0.3 is 0 Å². The van der Waals surface area contributed by atoms with Crippen molar-refractivity contribution >= 4 is 28.2 Å². The molecule has 0 aliphatic rings. The fourth-order valence-corrected chi connectivity index (χ4v) is 2.68. The zero-order chi connectivity index (χ0) is 16.7. The standard InChI is InChI=1S/C17H15F2N3S/c1-9-5-14-15(6-10(9)2)22(8-16(20)23)17(21-14)11-3-4-12(18)13(19)7-11/h3-7H,8H2,1-2H3,(H2,20,23). The van der Waals surface area contributed by atoms with Gasteiger partial charge in [0.05, 0.1) is 22.6 Å². The van der Waals surface area contributed by atoms with Crippen molar-refractivity contribution in [3.8, 4) is 11.4 Å². The second-order valence-corrected chi connectivity index (χ2v) is 6.07. The normalized spacial score (nSPS) is 11.1. The Balaban J connectivity index is 2.29. The summed E-state index contributed by atoms with van der Waals surface area (Å²) in [7, 11) is 0. The maximum atomic E-state index is 13.6. The van der Waals surface area contributed by atoms with Crippen LogP contribution in [-0.4, -0.2) is 14.5 Å². The van der Waals surface area contributed by atoms with Crippen LogP contribution in [0.15, 0.2) is 30.3 Å². The largest absolute Gasteiger partial charge is 0.392 e. The molecular weight excluding hydrogens is 316 g/mol.